The number of nitrogens with two attached hydrogens (primary N) is 1. The van der Waals surface area contributed by atoms with Crippen molar-refractivity contribution in [3.63, 3.8) is 0 Å². The van der Waals surface area contributed by atoms with Gasteiger partial charge in [-0.05, 0) is 44.5 Å². The molecule has 0 aliphatic carbocycles. The topological polar surface area (TPSA) is 131 Å². The maximum Gasteiger partial charge on any atom is 0.456 e. The summed E-state index contributed by atoms with van der Waals surface area (Å²) < 4.78 is 85.3. The van der Waals surface area contributed by atoms with Crippen LogP contribution in [0, 0.1) is 12.3 Å². The van der Waals surface area contributed by atoms with Crippen molar-refractivity contribution in [3.05, 3.63) is 41.7 Å². The van der Waals surface area contributed by atoms with Crippen molar-refractivity contribution in [2.75, 3.05) is 33.7 Å². The Morgan fingerprint density at radius 2 is 1.73 bits per heavy atom. The molecule has 0 saturated heterocycles. The van der Waals surface area contributed by atoms with Crippen LogP contribution in [0.2, 0.25) is 25.7 Å². The number of rotatable bonds is 13. The molecule has 0 aliphatic rings. The molecule has 0 aliphatic heterocycles. The first-order valence-electron chi connectivity index (χ1n) is 13.4. The van der Waals surface area contributed by atoms with Crippen molar-refractivity contribution in [2.24, 2.45) is 21.1 Å². The van der Waals surface area contributed by atoms with Gasteiger partial charge in [-0.2, -0.15) is 26.9 Å². The molecule has 10 nitrogen and oxygen atoms in total. The van der Waals surface area contributed by atoms with Gasteiger partial charge in [-0.15, -0.1) is 0 Å². The van der Waals surface area contributed by atoms with Crippen LogP contribution in [0.5, 0.6) is 5.88 Å². The highest BCUT2D eigenvalue weighted by molar-refractivity contribution is 6.76. The second-order valence-corrected chi connectivity index (χ2v) is 17.3. The van der Waals surface area contributed by atoms with E-state index in [0.29, 0.717) is 23.7 Å². The average molecular weight is 648 g/mol. The Kier molecular flexibility index (Phi) is 12.4. The normalized spacial score (nSPS) is 13.5. The standard InChI is InChI=1S/C28H38F5N5O5Si/c1-18-12-22(42-15-26(2,3)24(39)40-4)36-14-20(18)21-9-8-19(13-35-21)23(34)38-25(37-17-41-10-11-44(5,6)7)43-16-27(29,30)28(31,32)33/h8-9,12-14H,10-11,15-17H2,1-7H3,(H2,34,37,38). The summed E-state index contributed by atoms with van der Waals surface area (Å²) in [4.78, 5) is 28.1. The zero-order chi connectivity index (χ0) is 33.3. The SMILES string of the molecule is COC(=O)C(C)(C)COc1cc(C)c(-c2ccc(C(N)=NC(=NCOCC[Si](C)(C)C)OCC(F)(F)C(F)(F)F)cn2)cn1. The number of hydrogen-bond acceptors (Lipinski definition) is 8. The van der Waals surface area contributed by atoms with Gasteiger partial charge in [-0.1, -0.05) is 19.6 Å². The van der Waals surface area contributed by atoms with Crippen LogP contribution >= 0.6 is 0 Å². The van der Waals surface area contributed by atoms with E-state index in [1.165, 1.54) is 25.6 Å². The third-order valence-corrected chi connectivity index (χ3v) is 7.74. The van der Waals surface area contributed by atoms with Crippen LogP contribution < -0.4 is 10.5 Å². The number of alkyl halides is 5. The third-order valence-electron chi connectivity index (χ3n) is 6.04. The molecule has 244 valence electrons. The van der Waals surface area contributed by atoms with Crippen LogP contribution in [0.4, 0.5) is 22.0 Å². The summed E-state index contributed by atoms with van der Waals surface area (Å²) >= 11 is 0. The number of aryl methyl sites for hydroxylation is 1. The van der Waals surface area contributed by atoms with Gasteiger partial charge in [0.15, 0.2) is 6.61 Å². The van der Waals surface area contributed by atoms with Gasteiger partial charge in [0.25, 0.3) is 0 Å². The van der Waals surface area contributed by atoms with E-state index in [1.807, 2.05) is 6.92 Å². The van der Waals surface area contributed by atoms with Gasteiger partial charge in [0.2, 0.25) is 5.88 Å². The van der Waals surface area contributed by atoms with Crippen LogP contribution in [0.3, 0.4) is 0 Å². The van der Waals surface area contributed by atoms with Crippen molar-refractivity contribution in [2.45, 2.75) is 58.6 Å². The van der Waals surface area contributed by atoms with Crippen LogP contribution in [0.1, 0.15) is 25.0 Å². The summed E-state index contributed by atoms with van der Waals surface area (Å²) in [5.74, 6) is -5.55. The number of pyridine rings is 2. The van der Waals surface area contributed by atoms with Crippen LogP contribution in [-0.2, 0) is 19.0 Å². The molecule has 0 bridgehead atoms. The van der Waals surface area contributed by atoms with Crippen molar-refractivity contribution in [1.82, 2.24) is 9.97 Å². The fraction of sp³-hybridized carbons (Fsp3) is 0.536. The van der Waals surface area contributed by atoms with Gasteiger partial charge in [0.05, 0.1) is 18.2 Å². The minimum atomic E-state index is -5.82. The van der Waals surface area contributed by atoms with Gasteiger partial charge in [0, 0.05) is 44.3 Å². The number of ether oxygens (including phenoxy) is 4. The van der Waals surface area contributed by atoms with Crippen molar-refractivity contribution < 1.29 is 45.7 Å². The number of esters is 1. The molecule has 0 fully saturated rings. The molecule has 16 heteroatoms. The first-order valence-corrected chi connectivity index (χ1v) is 17.1. The predicted molar refractivity (Wildman–Crippen MR) is 158 cm³/mol. The third kappa shape index (κ3) is 11.1. The number of carbonyl (C=O) groups excluding carboxylic acids is 1. The van der Waals surface area contributed by atoms with E-state index < -0.39 is 44.2 Å². The van der Waals surface area contributed by atoms with Gasteiger partial charge in [-0.25, -0.2) is 9.98 Å². The molecule has 0 radical (unpaired) electrons. The van der Waals surface area contributed by atoms with Gasteiger partial charge < -0.3 is 24.7 Å². The van der Waals surface area contributed by atoms with Crippen molar-refractivity contribution in [3.8, 4) is 17.1 Å². The Morgan fingerprint density at radius 3 is 2.27 bits per heavy atom. The summed E-state index contributed by atoms with van der Waals surface area (Å²) in [6, 6.07) is 4.78. The number of aliphatic imine (C=N–C) groups is 2. The van der Waals surface area contributed by atoms with Gasteiger partial charge in [0.1, 0.15) is 19.2 Å². The molecule has 44 heavy (non-hydrogen) atoms. The highest BCUT2D eigenvalue weighted by Gasteiger charge is 2.58. The minimum absolute atomic E-state index is 0.0461. The summed E-state index contributed by atoms with van der Waals surface area (Å²) in [5.41, 5.74) is 7.25. The van der Waals surface area contributed by atoms with E-state index in [-0.39, 0.29) is 24.7 Å². The zero-order valence-electron chi connectivity index (χ0n) is 25.7. The van der Waals surface area contributed by atoms with Crippen molar-refractivity contribution in [1.29, 1.82) is 0 Å². The largest absolute Gasteiger partial charge is 0.476 e. The highest BCUT2D eigenvalue weighted by Crippen LogP contribution is 2.35. The summed E-state index contributed by atoms with van der Waals surface area (Å²) in [6.45, 7) is 9.49. The average Bonchev–Trinajstić information content (AvgIpc) is 2.93. The number of hydrogen-bond donors (Lipinski definition) is 1. The van der Waals surface area contributed by atoms with E-state index in [1.54, 1.807) is 26.0 Å². The summed E-state index contributed by atoms with van der Waals surface area (Å²) in [7, 11) is -0.130. The second kappa shape index (κ2) is 14.9. The van der Waals surface area contributed by atoms with E-state index >= 15 is 0 Å². The Bertz CT molecular complexity index is 1330. The molecule has 2 aromatic rings. The van der Waals surface area contributed by atoms with Crippen LogP contribution in [-0.4, -0.2) is 81.6 Å². The fourth-order valence-corrected chi connectivity index (χ4v) is 3.99. The van der Waals surface area contributed by atoms with Crippen LogP contribution in [0.15, 0.2) is 40.6 Å². The number of halogens is 5. The van der Waals surface area contributed by atoms with E-state index in [2.05, 4.69) is 44.3 Å². The van der Waals surface area contributed by atoms with E-state index in [4.69, 9.17) is 19.9 Å². The lowest BCUT2D eigenvalue weighted by molar-refractivity contribution is -0.291. The lowest BCUT2D eigenvalue weighted by Crippen LogP contribution is -2.41. The van der Waals surface area contributed by atoms with Gasteiger partial charge >= 0.3 is 24.1 Å². The van der Waals surface area contributed by atoms with Crippen LogP contribution in [0.25, 0.3) is 11.3 Å². The lowest BCUT2D eigenvalue weighted by atomic mass is 9.95. The highest BCUT2D eigenvalue weighted by atomic mass is 28.3. The molecule has 0 unspecified atom stereocenters. The molecule has 0 aromatic carbocycles. The molecule has 2 heterocycles. The first kappa shape index (κ1) is 36.5. The van der Waals surface area contributed by atoms with Gasteiger partial charge in [-0.3, -0.25) is 9.78 Å². The molecule has 0 atom stereocenters. The maximum atomic E-state index is 13.5. The smallest absolute Gasteiger partial charge is 0.456 e. The van der Waals surface area contributed by atoms with E-state index in [0.717, 1.165) is 11.6 Å². The molecule has 2 rings (SSSR count). The molecule has 0 spiro atoms. The number of carbonyl (C=O) groups is 1. The molecular formula is C28H38F5N5O5Si. The predicted octanol–water partition coefficient (Wildman–Crippen LogP) is 5.62. The molecule has 0 saturated carbocycles. The molecule has 0 amide bonds. The Balaban J connectivity index is 2.20. The Hall–Kier alpha value is -3.66. The number of aromatic nitrogens is 2. The van der Waals surface area contributed by atoms with Crippen molar-refractivity contribution >= 4 is 25.9 Å². The second-order valence-electron chi connectivity index (χ2n) is 11.7. The quantitative estimate of drug-likeness (QED) is 0.0741. The fourth-order valence-electron chi connectivity index (χ4n) is 3.23. The maximum absolute atomic E-state index is 13.5. The van der Waals surface area contributed by atoms with E-state index in [9.17, 15) is 26.7 Å². The minimum Gasteiger partial charge on any atom is -0.476 e. The monoisotopic (exact) mass is 647 g/mol. The molecule has 2 aromatic heterocycles. The summed E-state index contributed by atoms with van der Waals surface area (Å²) in [5, 5.41) is 0. The first-order chi connectivity index (χ1) is 20.3. The number of nitrogens with zero attached hydrogens (tertiary/aromatic N) is 4. The Morgan fingerprint density at radius 1 is 1.05 bits per heavy atom. The number of methoxy groups -OCH3 is 1. The molecule has 2 N–H and O–H groups in total. The molecular weight excluding hydrogens is 609 g/mol. The zero-order valence-corrected chi connectivity index (χ0v) is 26.7. The number of amidine groups is 2. The lowest BCUT2D eigenvalue weighted by Gasteiger charge is -2.21. The Labute approximate surface area is 253 Å². The summed E-state index contributed by atoms with van der Waals surface area (Å²) in [6.07, 6.45) is -2.95.